The van der Waals surface area contributed by atoms with Crippen molar-refractivity contribution in [2.75, 3.05) is 18.4 Å². The number of likely N-dealkylation sites (tertiary alicyclic amines) is 1. The number of hydrogen-bond acceptors (Lipinski definition) is 1. The third kappa shape index (κ3) is 3.87. The summed E-state index contributed by atoms with van der Waals surface area (Å²) < 4.78 is 0. The molecule has 1 fully saturated rings. The van der Waals surface area contributed by atoms with E-state index >= 15 is 0 Å². The Morgan fingerprint density at radius 3 is 2.84 bits per heavy atom. The van der Waals surface area contributed by atoms with Crippen LogP contribution in [0.25, 0.3) is 0 Å². The van der Waals surface area contributed by atoms with Crippen LogP contribution in [0.2, 0.25) is 10.0 Å². The van der Waals surface area contributed by atoms with Crippen molar-refractivity contribution in [3.63, 3.8) is 0 Å². The number of alkyl halides is 1. The second kappa shape index (κ2) is 6.96. The fourth-order valence-corrected chi connectivity index (χ4v) is 3.40. The summed E-state index contributed by atoms with van der Waals surface area (Å²) in [5.74, 6) is 0.651. The fraction of sp³-hybridized carbons (Fsp3) is 0.500. The van der Waals surface area contributed by atoms with Gasteiger partial charge in [0.15, 0.2) is 0 Å². The fourth-order valence-electron chi connectivity index (χ4n) is 2.45. The molecule has 0 spiro atoms. The molecule has 5 heteroatoms. The topological polar surface area (TPSA) is 20.3 Å². The number of benzene rings is 1. The van der Waals surface area contributed by atoms with Gasteiger partial charge in [-0.3, -0.25) is 4.79 Å². The van der Waals surface area contributed by atoms with Crippen molar-refractivity contribution in [2.45, 2.75) is 19.3 Å². The van der Waals surface area contributed by atoms with Gasteiger partial charge in [0.05, 0.1) is 10.0 Å². The van der Waals surface area contributed by atoms with Gasteiger partial charge in [0.25, 0.3) is 5.91 Å². The van der Waals surface area contributed by atoms with Gasteiger partial charge in [0.1, 0.15) is 0 Å². The maximum Gasteiger partial charge on any atom is 0.253 e. The average Bonchev–Trinajstić information content (AvgIpc) is 2.42. The van der Waals surface area contributed by atoms with Crippen molar-refractivity contribution >= 4 is 45.0 Å². The van der Waals surface area contributed by atoms with Crippen molar-refractivity contribution in [3.8, 4) is 0 Å². The highest BCUT2D eigenvalue weighted by Gasteiger charge is 2.24. The molecule has 0 radical (unpaired) electrons. The maximum atomic E-state index is 12.4. The van der Waals surface area contributed by atoms with Crippen LogP contribution in [0.5, 0.6) is 0 Å². The summed E-state index contributed by atoms with van der Waals surface area (Å²) in [6, 6.07) is 5.07. The standard InChI is InChI=1S/C14H16BrCl2NO/c15-6-5-10-2-1-7-18(9-10)14(19)11-3-4-12(16)13(17)8-11/h3-4,8,10H,1-2,5-7,9H2. The molecule has 2 rings (SSSR count). The first kappa shape index (κ1) is 15.1. The third-order valence-electron chi connectivity index (χ3n) is 3.49. The lowest BCUT2D eigenvalue weighted by molar-refractivity contribution is 0.0672. The van der Waals surface area contributed by atoms with Crippen molar-refractivity contribution < 1.29 is 4.79 Å². The molecule has 1 heterocycles. The van der Waals surface area contributed by atoms with Gasteiger partial charge in [-0.1, -0.05) is 39.1 Å². The smallest absolute Gasteiger partial charge is 0.253 e. The monoisotopic (exact) mass is 363 g/mol. The molecule has 0 aromatic heterocycles. The molecule has 1 saturated heterocycles. The normalized spacial score (nSPS) is 19.5. The Hall–Kier alpha value is -0.250. The molecule has 0 bridgehead atoms. The van der Waals surface area contributed by atoms with Crippen LogP contribution in [0, 0.1) is 5.92 Å². The minimum Gasteiger partial charge on any atom is -0.338 e. The molecule has 0 N–H and O–H groups in total. The lowest BCUT2D eigenvalue weighted by Gasteiger charge is -2.32. The number of rotatable bonds is 3. The zero-order chi connectivity index (χ0) is 13.8. The minimum atomic E-state index is 0.0536. The second-order valence-corrected chi connectivity index (χ2v) is 6.47. The van der Waals surface area contributed by atoms with Crippen LogP contribution in [0.4, 0.5) is 0 Å². The van der Waals surface area contributed by atoms with Gasteiger partial charge in [0.2, 0.25) is 0 Å². The molecule has 1 aliphatic heterocycles. The van der Waals surface area contributed by atoms with E-state index in [0.717, 1.165) is 31.3 Å². The van der Waals surface area contributed by atoms with E-state index in [-0.39, 0.29) is 5.91 Å². The summed E-state index contributed by atoms with van der Waals surface area (Å²) in [6.07, 6.45) is 3.40. The molecule has 1 unspecified atom stereocenters. The first-order valence-electron chi connectivity index (χ1n) is 6.42. The van der Waals surface area contributed by atoms with Gasteiger partial charge in [-0.2, -0.15) is 0 Å². The van der Waals surface area contributed by atoms with Crippen LogP contribution >= 0.6 is 39.1 Å². The van der Waals surface area contributed by atoms with E-state index in [2.05, 4.69) is 15.9 Å². The van der Waals surface area contributed by atoms with Gasteiger partial charge >= 0.3 is 0 Å². The van der Waals surface area contributed by atoms with Crippen LogP contribution in [0.1, 0.15) is 29.6 Å². The van der Waals surface area contributed by atoms with E-state index < -0.39 is 0 Å². The van der Waals surface area contributed by atoms with Gasteiger partial charge in [0, 0.05) is 24.0 Å². The van der Waals surface area contributed by atoms with Crippen LogP contribution in [-0.4, -0.2) is 29.2 Å². The first-order chi connectivity index (χ1) is 9.11. The van der Waals surface area contributed by atoms with E-state index in [4.69, 9.17) is 23.2 Å². The highest BCUT2D eigenvalue weighted by atomic mass is 79.9. The number of nitrogens with zero attached hydrogens (tertiary/aromatic N) is 1. The molecule has 0 saturated carbocycles. The molecule has 2 nitrogen and oxygen atoms in total. The number of carbonyl (C=O) groups is 1. The Morgan fingerprint density at radius 1 is 1.37 bits per heavy atom. The SMILES string of the molecule is O=C(c1ccc(Cl)c(Cl)c1)N1CCCC(CCBr)C1. The molecule has 19 heavy (non-hydrogen) atoms. The van der Waals surface area contributed by atoms with E-state index in [1.807, 2.05) is 4.90 Å². The predicted octanol–water partition coefficient (Wildman–Crippen LogP) is 4.63. The Bertz CT molecular complexity index is 465. The Labute approximate surface area is 132 Å². The Balaban J connectivity index is 2.08. The maximum absolute atomic E-state index is 12.4. The highest BCUT2D eigenvalue weighted by Crippen LogP contribution is 2.25. The minimum absolute atomic E-state index is 0.0536. The van der Waals surface area contributed by atoms with E-state index in [0.29, 0.717) is 21.5 Å². The lowest BCUT2D eigenvalue weighted by atomic mass is 9.95. The molecule has 1 aromatic rings. The average molecular weight is 365 g/mol. The van der Waals surface area contributed by atoms with Crippen LogP contribution in [0.3, 0.4) is 0 Å². The summed E-state index contributed by atoms with van der Waals surface area (Å²) in [4.78, 5) is 14.4. The van der Waals surface area contributed by atoms with Crippen molar-refractivity contribution in [3.05, 3.63) is 33.8 Å². The zero-order valence-electron chi connectivity index (χ0n) is 10.5. The van der Waals surface area contributed by atoms with Crippen LogP contribution in [-0.2, 0) is 0 Å². The van der Waals surface area contributed by atoms with E-state index in [1.165, 1.54) is 6.42 Å². The predicted molar refractivity (Wildman–Crippen MR) is 83.5 cm³/mol. The van der Waals surface area contributed by atoms with Crippen molar-refractivity contribution in [1.82, 2.24) is 4.90 Å². The summed E-state index contributed by atoms with van der Waals surface area (Å²) in [6.45, 7) is 1.67. The van der Waals surface area contributed by atoms with Gasteiger partial charge in [-0.05, 0) is 43.4 Å². The molecule has 1 atom stereocenters. The summed E-state index contributed by atoms with van der Waals surface area (Å²) in [5, 5.41) is 1.91. The quantitative estimate of drug-likeness (QED) is 0.716. The number of carbonyl (C=O) groups excluding carboxylic acids is 1. The molecular weight excluding hydrogens is 349 g/mol. The lowest BCUT2D eigenvalue weighted by Crippen LogP contribution is -2.40. The number of piperidine rings is 1. The van der Waals surface area contributed by atoms with Gasteiger partial charge in [-0.15, -0.1) is 0 Å². The number of halogens is 3. The summed E-state index contributed by atoms with van der Waals surface area (Å²) in [7, 11) is 0. The van der Waals surface area contributed by atoms with Crippen LogP contribution in [0.15, 0.2) is 18.2 Å². The molecular formula is C14H16BrCl2NO. The largest absolute Gasteiger partial charge is 0.338 e. The third-order valence-corrected chi connectivity index (χ3v) is 4.69. The molecule has 104 valence electrons. The van der Waals surface area contributed by atoms with E-state index in [1.54, 1.807) is 18.2 Å². The van der Waals surface area contributed by atoms with Crippen molar-refractivity contribution in [1.29, 1.82) is 0 Å². The zero-order valence-corrected chi connectivity index (χ0v) is 13.6. The molecule has 1 aliphatic rings. The highest BCUT2D eigenvalue weighted by molar-refractivity contribution is 9.09. The summed E-state index contributed by atoms with van der Waals surface area (Å²) in [5.41, 5.74) is 0.619. The Morgan fingerprint density at radius 2 is 2.16 bits per heavy atom. The van der Waals surface area contributed by atoms with Crippen molar-refractivity contribution in [2.24, 2.45) is 5.92 Å². The number of hydrogen-bond donors (Lipinski definition) is 0. The summed E-state index contributed by atoms with van der Waals surface area (Å²) >= 11 is 15.3. The molecule has 1 aromatic carbocycles. The van der Waals surface area contributed by atoms with Gasteiger partial charge in [-0.25, -0.2) is 0 Å². The Kier molecular flexibility index (Phi) is 5.55. The molecule has 1 amide bonds. The number of amides is 1. The second-order valence-electron chi connectivity index (χ2n) is 4.87. The molecule has 0 aliphatic carbocycles. The van der Waals surface area contributed by atoms with Crippen LogP contribution < -0.4 is 0 Å². The van der Waals surface area contributed by atoms with Gasteiger partial charge < -0.3 is 4.90 Å². The first-order valence-corrected chi connectivity index (χ1v) is 8.30. The van der Waals surface area contributed by atoms with E-state index in [9.17, 15) is 4.79 Å².